The molecule has 1 aromatic heterocycles. The van der Waals surface area contributed by atoms with E-state index in [4.69, 9.17) is 4.74 Å². The van der Waals surface area contributed by atoms with Crippen molar-refractivity contribution in [2.75, 3.05) is 20.3 Å². The molecule has 1 atom stereocenters. The molecule has 1 rings (SSSR count). The lowest BCUT2D eigenvalue weighted by Gasteiger charge is -2.10. The zero-order valence-corrected chi connectivity index (χ0v) is 12.1. The summed E-state index contributed by atoms with van der Waals surface area (Å²) in [5, 5.41) is 2.89. The van der Waals surface area contributed by atoms with E-state index in [1.54, 1.807) is 7.11 Å². The third kappa shape index (κ3) is 3.88. The molecule has 3 nitrogen and oxygen atoms in total. The zero-order chi connectivity index (χ0) is 12.1. The molecular formula is C11H16BrNO2S. The summed E-state index contributed by atoms with van der Waals surface area (Å²) >= 11 is 4.87. The molecule has 0 saturated heterocycles. The number of carbonyl (C=O) groups is 1. The lowest BCUT2D eigenvalue weighted by molar-refractivity contribution is 0.0938. The molecule has 0 spiro atoms. The van der Waals surface area contributed by atoms with Crippen LogP contribution >= 0.6 is 27.3 Å². The van der Waals surface area contributed by atoms with Crippen LogP contribution < -0.4 is 5.32 Å². The third-order valence-electron chi connectivity index (χ3n) is 2.14. The fraction of sp³-hybridized carbons (Fsp3) is 0.545. The lowest BCUT2D eigenvalue weighted by Crippen LogP contribution is -2.29. The van der Waals surface area contributed by atoms with Gasteiger partial charge in [0.15, 0.2) is 0 Å². The van der Waals surface area contributed by atoms with E-state index in [-0.39, 0.29) is 5.91 Å². The van der Waals surface area contributed by atoms with Gasteiger partial charge in [0.1, 0.15) is 0 Å². The summed E-state index contributed by atoms with van der Waals surface area (Å²) in [6.45, 7) is 5.32. The van der Waals surface area contributed by atoms with Crippen LogP contribution in [0.3, 0.4) is 0 Å². The van der Waals surface area contributed by atoms with Crippen molar-refractivity contribution in [1.29, 1.82) is 0 Å². The minimum absolute atomic E-state index is 0.0123. The van der Waals surface area contributed by atoms with Crippen molar-refractivity contribution in [1.82, 2.24) is 5.32 Å². The lowest BCUT2D eigenvalue weighted by atomic mass is 10.2. The van der Waals surface area contributed by atoms with Crippen molar-refractivity contribution >= 4 is 33.2 Å². The molecule has 1 aromatic rings. The van der Waals surface area contributed by atoms with Crippen LogP contribution in [0, 0.1) is 12.8 Å². The second-order valence-electron chi connectivity index (χ2n) is 3.84. The predicted molar refractivity (Wildman–Crippen MR) is 70.1 cm³/mol. The first-order valence-electron chi connectivity index (χ1n) is 5.07. The van der Waals surface area contributed by atoms with E-state index in [1.807, 2.05) is 19.9 Å². The van der Waals surface area contributed by atoms with Crippen LogP contribution in [0.2, 0.25) is 0 Å². The third-order valence-corrected chi connectivity index (χ3v) is 4.28. The van der Waals surface area contributed by atoms with Gasteiger partial charge in [-0.15, -0.1) is 11.3 Å². The highest BCUT2D eigenvalue weighted by molar-refractivity contribution is 9.11. The number of aryl methyl sites for hydroxylation is 1. The highest BCUT2D eigenvalue weighted by Gasteiger charge is 2.11. The van der Waals surface area contributed by atoms with Crippen molar-refractivity contribution in [3.8, 4) is 0 Å². The number of thiophene rings is 1. The normalized spacial score (nSPS) is 12.5. The standard InChI is InChI=1S/C11H16BrNO2S/c1-7(6-15-3)5-13-11(14)9-4-8(2)10(12)16-9/h4,7H,5-6H2,1-3H3,(H,13,14). The molecule has 0 fully saturated rings. The molecule has 1 amide bonds. The highest BCUT2D eigenvalue weighted by atomic mass is 79.9. The van der Waals surface area contributed by atoms with Gasteiger partial charge in [-0.05, 0) is 40.4 Å². The molecule has 1 heterocycles. The summed E-state index contributed by atoms with van der Waals surface area (Å²) in [7, 11) is 1.66. The largest absolute Gasteiger partial charge is 0.384 e. The Morgan fingerprint density at radius 1 is 1.69 bits per heavy atom. The Morgan fingerprint density at radius 2 is 2.38 bits per heavy atom. The summed E-state index contributed by atoms with van der Waals surface area (Å²) in [6.07, 6.45) is 0. The van der Waals surface area contributed by atoms with Gasteiger partial charge >= 0.3 is 0 Å². The van der Waals surface area contributed by atoms with Crippen LogP contribution in [0.15, 0.2) is 9.85 Å². The topological polar surface area (TPSA) is 38.3 Å². The number of hydrogen-bond donors (Lipinski definition) is 1. The van der Waals surface area contributed by atoms with Gasteiger partial charge in [0.2, 0.25) is 0 Å². The molecule has 16 heavy (non-hydrogen) atoms. The van der Waals surface area contributed by atoms with Gasteiger partial charge in [-0.2, -0.15) is 0 Å². The second kappa shape index (κ2) is 6.37. The summed E-state index contributed by atoms with van der Waals surface area (Å²) in [5.74, 6) is 0.320. The van der Waals surface area contributed by atoms with Gasteiger partial charge in [-0.1, -0.05) is 6.92 Å². The number of hydrogen-bond acceptors (Lipinski definition) is 3. The molecular weight excluding hydrogens is 290 g/mol. The number of halogens is 1. The summed E-state index contributed by atoms with van der Waals surface area (Å²) in [6, 6.07) is 1.89. The zero-order valence-electron chi connectivity index (χ0n) is 9.67. The quantitative estimate of drug-likeness (QED) is 0.908. The SMILES string of the molecule is COCC(C)CNC(=O)c1cc(C)c(Br)s1. The predicted octanol–water partition coefficient (Wildman–Crippen LogP) is 2.83. The monoisotopic (exact) mass is 305 g/mol. The van der Waals surface area contributed by atoms with E-state index in [0.717, 1.165) is 14.2 Å². The minimum atomic E-state index is -0.0123. The number of methoxy groups -OCH3 is 1. The highest BCUT2D eigenvalue weighted by Crippen LogP contribution is 2.27. The van der Waals surface area contributed by atoms with E-state index >= 15 is 0 Å². The van der Waals surface area contributed by atoms with E-state index in [1.165, 1.54) is 11.3 Å². The first kappa shape index (κ1) is 13.7. The molecule has 0 radical (unpaired) electrons. The van der Waals surface area contributed by atoms with Crippen molar-refractivity contribution in [2.45, 2.75) is 13.8 Å². The first-order valence-corrected chi connectivity index (χ1v) is 6.68. The Kier molecular flexibility index (Phi) is 5.44. The maximum absolute atomic E-state index is 11.8. The molecule has 5 heteroatoms. The van der Waals surface area contributed by atoms with Crippen molar-refractivity contribution in [2.24, 2.45) is 5.92 Å². The number of nitrogens with one attached hydrogen (secondary N) is 1. The summed E-state index contributed by atoms with van der Waals surface area (Å²) in [5.41, 5.74) is 1.10. The molecule has 90 valence electrons. The molecule has 0 aliphatic heterocycles. The fourth-order valence-corrected chi connectivity index (χ4v) is 2.72. The Hall–Kier alpha value is -0.390. The van der Waals surface area contributed by atoms with Gasteiger partial charge in [0, 0.05) is 13.7 Å². The smallest absolute Gasteiger partial charge is 0.261 e. The second-order valence-corrected chi connectivity index (χ2v) is 6.21. The van der Waals surface area contributed by atoms with Gasteiger partial charge in [0.05, 0.1) is 15.3 Å². The van der Waals surface area contributed by atoms with Crippen molar-refractivity contribution in [3.63, 3.8) is 0 Å². The van der Waals surface area contributed by atoms with Crippen molar-refractivity contribution < 1.29 is 9.53 Å². The minimum Gasteiger partial charge on any atom is -0.384 e. The van der Waals surface area contributed by atoms with Crippen LogP contribution in [0.1, 0.15) is 22.2 Å². The average molecular weight is 306 g/mol. The molecule has 1 unspecified atom stereocenters. The van der Waals surface area contributed by atoms with Gasteiger partial charge in [0.25, 0.3) is 5.91 Å². The number of carbonyl (C=O) groups excluding carboxylic acids is 1. The van der Waals surface area contributed by atoms with Crippen LogP contribution in [0.25, 0.3) is 0 Å². The molecule has 0 aromatic carbocycles. The Morgan fingerprint density at radius 3 is 2.88 bits per heavy atom. The number of amides is 1. The van der Waals surface area contributed by atoms with E-state index < -0.39 is 0 Å². The van der Waals surface area contributed by atoms with Crippen LogP contribution in [0.5, 0.6) is 0 Å². The molecule has 0 aliphatic rings. The van der Waals surface area contributed by atoms with Crippen molar-refractivity contribution in [3.05, 3.63) is 20.3 Å². The van der Waals surface area contributed by atoms with Crippen LogP contribution in [0.4, 0.5) is 0 Å². The fourth-order valence-electron chi connectivity index (χ4n) is 1.27. The maximum atomic E-state index is 11.8. The Balaban J connectivity index is 2.46. The van der Waals surface area contributed by atoms with Gasteiger partial charge in [-0.25, -0.2) is 0 Å². The number of rotatable bonds is 5. The van der Waals surface area contributed by atoms with Gasteiger partial charge in [-0.3, -0.25) is 4.79 Å². The molecule has 1 N–H and O–H groups in total. The van der Waals surface area contributed by atoms with Crippen LogP contribution in [-0.2, 0) is 4.74 Å². The molecule has 0 aliphatic carbocycles. The van der Waals surface area contributed by atoms with E-state index in [0.29, 0.717) is 19.1 Å². The number of ether oxygens (including phenoxy) is 1. The summed E-state index contributed by atoms with van der Waals surface area (Å²) in [4.78, 5) is 12.5. The van der Waals surface area contributed by atoms with E-state index in [2.05, 4.69) is 21.2 Å². The van der Waals surface area contributed by atoms with Crippen LogP contribution in [-0.4, -0.2) is 26.2 Å². The van der Waals surface area contributed by atoms with E-state index in [9.17, 15) is 4.79 Å². The molecule has 0 saturated carbocycles. The molecule has 0 bridgehead atoms. The van der Waals surface area contributed by atoms with Gasteiger partial charge < -0.3 is 10.1 Å². The maximum Gasteiger partial charge on any atom is 0.261 e. The summed E-state index contributed by atoms with van der Waals surface area (Å²) < 4.78 is 6.02. The first-order chi connectivity index (χ1) is 7.54. The average Bonchev–Trinajstić information content (AvgIpc) is 2.56. The Bertz CT molecular complexity index is 345. The Labute approximate surface area is 108 Å².